The Morgan fingerprint density at radius 2 is 2.04 bits per heavy atom. The van der Waals surface area contributed by atoms with Gasteiger partial charge in [-0.15, -0.1) is 0 Å². The van der Waals surface area contributed by atoms with Crippen LogP contribution in [0.2, 0.25) is 0 Å². The van der Waals surface area contributed by atoms with E-state index in [1.165, 1.54) is 6.20 Å². The lowest BCUT2D eigenvalue weighted by Crippen LogP contribution is -2.38. The maximum atomic E-state index is 11.7. The smallest absolute Gasteiger partial charge is 0.407 e. The first-order valence-corrected chi connectivity index (χ1v) is 7.95. The number of aromatic nitrogens is 2. The second-order valence-corrected chi connectivity index (χ2v) is 6.25. The minimum absolute atomic E-state index is 0.0155. The van der Waals surface area contributed by atoms with Crippen LogP contribution in [0.1, 0.15) is 51.7 Å². The normalized spacial score (nSPS) is 12.2. The first-order chi connectivity index (χ1) is 11.2. The van der Waals surface area contributed by atoms with E-state index in [4.69, 9.17) is 9.47 Å². The van der Waals surface area contributed by atoms with Crippen LogP contribution in [0.3, 0.4) is 0 Å². The van der Waals surface area contributed by atoms with E-state index in [0.29, 0.717) is 18.8 Å². The summed E-state index contributed by atoms with van der Waals surface area (Å²) in [6.45, 7) is 9.89. The quantitative estimate of drug-likeness (QED) is 0.736. The number of nitrogens with one attached hydrogen (secondary N) is 2. The molecule has 0 aliphatic rings. The lowest BCUT2D eigenvalue weighted by Gasteiger charge is -2.22. The Hall–Kier alpha value is -2.38. The summed E-state index contributed by atoms with van der Waals surface area (Å²) in [4.78, 5) is 31.2. The highest BCUT2D eigenvalue weighted by Crippen LogP contribution is 2.07. The standard InChI is InChI=1S/C16H26N4O4/c1-6-23-14(21)13-18-10-8-12(20-13)17-9-7-11(2)19-15(22)24-16(3,4)5/h8,10-11H,6-7,9H2,1-5H3,(H,19,22)(H,17,18,20)/t11-/m1/s1. The van der Waals surface area contributed by atoms with Crippen LogP contribution in [0.5, 0.6) is 0 Å². The van der Waals surface area contributed by atoms with Crippen molar-refractivity contribution in [3.05, 3.63) is 18.1 Å². The molecule has 24 heavy (non-hydrogen) atoms. The predicted octanol–water partition coefficient (Wildman–Crippen LogP) is 2.37. The van der Waals surface area contributed by atoms with Crippen molar-refractivity contribution in [3.63, 3.8) is 0 Å². The maximum absolute atomic E-state index is 11.7. The molecule has 1 aromatic heterocycles. The molecule has 1 heterocycles. The van der Waals surface area contributed by atoms with Crippen molar-refractivity contribution in [2.45, 2.75) is 52.7 Å². The first-order valence-electron chi connectivity index (χ1n) is 7.95. The molecule has 8 nitrogen and oxygen atoms in total. The Morgan fingerprint density at radius 3 is 2.67 bits per heavy atom. The van der Waals surface area contributed by atoms with E-state index < -0.39 is 17.7 Å². The molecule has 1 amide bonds. The minimum atomic E-state index is -0.555. The van der Waals surface area contributed by atoms with Gasteiger partial charge in [0.05, 0.1) is 6.61 Å². The number of alkyl carbamates (subject to hydrolysis) is 1. The number of carbonyl (C=O) groups is 2. The number of carbonyl (C=O) groups excluding carboxylic acids is 2. The molecular weight excluding hydrogens is 312 g/mol. The molecule has 0 saturated carbocycles. The number of amides is 1. The lowest BCUT2D eigenvalue weighted by atomic mass is 10.2. The van der Waals surface area contributed by atoms with Gasteiger partial charge in [0, 0.05) is 18.8 Å². The van der Waals surface area contributed by atoms with Gasteiger partial charge in [-0.1, -0.05) is 0 Å². The molecule has 0 aliphatic heterocycles. The van der Waals surface area contributed by atoms with Crippen molar-refractivity contribution >= 4 is 17.9 Å². The SMILES string of the molecule is CCOC(=O)c1nccc(NCC[C@@H](C)NC(=O)OC(C)(C)C)n1. The van der Waals surface area contributed by atoms with Crippen LogP contribution in [0, 0.1) is 0 Å². The summed E-state index contributed by atoms with van der Waals surface area (Å²) in [6, 6.07) is 1.59. The van der Waals surface area contributed by atoms with Crippen molar-refractivity contribution in [2.24, 2.45) is 0 Å². The van der Waals surface area contributed by atoms with E-state index in [1.54, 1.807) is 13.0 Å². The number of anilines is 1. The Balaban J connectivity index is 2.40. The highest BCUT2D eigenvalue weighted by atomic mass is 16.6. The second kappa shape index (κ2) is 9.05. The molecule has 8 heteroatoms. The summed E-state index contributed by atoms with van der Waals surface area (Å²) in [5, 5.41) is 5.84. The highest BCUT2D eigenvalue weighted by Gasteiger charge is 2.17. The highest BCUT2D eigenvalue weighted by molar-refractivity contribution is 5.85. The van der Waals surface area contributed by atoms with Crippen LogP contribution in [-0.4, -0.2) is 46.8 Å². The zero-order valence-corrected chi connectivity index (χ0v) is 14.9. The van der Waals surface area contributed by atoms with Gasteiger partial charge < -0.3 is 20.1 Å². The number of hydrogen-bond donors (Lipinski definition) is 2. The summed E-state index contributed by atoms with van der Waals surface area (Å²) < 4.78 is 10.1. The number of esters is 1. The van der Waals surface area contributed by atoms with E-state index in [0.717, 1.165) is 0 Å². The number of ether oxygens (including phenoxy) is 2. The molecule has 0 unspecified atom stereocenters. The van der Waals surface area contributed by atoms with Gasteiger partial charge in [-0.3, -0.25) is 0 Å². The molecule has 1 atom stereocenters. The predicted molar refractivity (Wildman–Crippen MR) is 89.9 cm³/mol. The fraction of sp³-hybridized carbons (Fsp3) is 0.625. The summed E-state index contributed by atoms with van der Waals surface area (Å²) in [5.74, 6) is -0.0135. The van der Waals surface area contributed by atoms with Gasteiger partial charge in [0.15, 0.2) is 0 Å². The fourth-order valence-electron chi connectivity index (χ4n) is 1.75. The third-order valence-corrected chi connectivity index (χ3v) is 2.76. The molecule has 0 aromatic carbocycles. The van der Waals surface area contributed by atoms with Gasteiger partial charge in [-0.25, -0.2) is 19.6 Å². The molecule has 0 saturated heterocycles. The summed E-state index contributed by atoms with van der Waals surface area (Å²) in [7, 11) is 0. The molecule has 0 bridgehead atoms. The molecule has 0 radical (unpaired) electrons. The molecule has 134 valence electrons. The van der Waals surface area contributed by atoms with Crippen LogP contribution in [0.25, 0.3) is 0 Å². The third-order valence-electron chi connectivity index (χ3n) is 2.76. The summed E-state index contributed by atoms with van der Waals surface area (Å²) in [6.07, 6.45) is 1.71. The van der Waals surface area contributed by atoms with E-state index in [9.17, 15) is 9.59 Å². The maximum Gasteiger partial charge on any atom is 0.407 e. The van der Waals surface area contributed by atoms with Crippen LogP contribution in [0.4, 0.5) is 10.6 Å². The van der Waals surface area contributed by atoms with Gasteiger partial charge in [0.25, 0.3) is 0 Å². The zero-order valence-electron chi connectivity index (χ0n) is 14.9. The monoisotopic (exact) mass is 338 g/mol. The van der Waals surface area contributed by atoms with Crippen LogP contribution >= 0.6 is 0 Å². The molecule has 0 fully saturated rings. The topological polar surface area (TPSA) is 102 Å². The Morgan fingerprint density at radius 1 is 1.33 bits per heavy atom. The largest absolute Gasteiger partial charge is 0.460 e. The molecule has 1 aromatic rings. The second-order valence-electron chi connectivity index (χ2n) is 6.25. The van der Waals surface area contributed by atoms with Crippen LogP contribution in [-0.2, 0) is 9.47 Å². The van der Waals surface area contributed by atoms with E-state index in [2.05, 4.69) is 20.6 Å². The van der Waals surface area contributed by atoms with Crippen molar-refractivity contribution < 1.29 is 19.1 Å². The average molecular weight is 338 g/mol. The van der Waals surface area contributed by atoms with E-state index >= 15 is 0 Å². The summed E-state index contributed by atoms with van der Waals surface area (Å²) >= 11 is 0. The van der Waals surface area contributed by atoms with Gasteiger partial charge in [0.2, 0.25) is 5.82 Å². The molecule has 0 aliphatic carbocycles. The fourth-order valence-corrected chi connectivity index (χ4v) is 1.75. The summed E-state index contributed by atoms with van der Waals surface area (Å²) in [5.41, 5.74) is -0.521. The Labute approximate surface area is 142 Å². The van der Waals surface area contributed by atoms with Gasteiger partial charge in [-0.2, -0.15) is 0 Å². The Bertz CT molecular complexity index is 557. The van der Waals surface area contributed by atoms with Crippen molar-refractivity contribution in [2.75, 3.05) is 18.5 Å². The molecule has 0 spiro atoms. The Kier molecular flexibility index (Phi) is 7.41. The third kappa shape index (κ3) is 7.75. The van der Waals surface area contributed by atoms with Crippen LogP contribution < -0.4 is 10.6 Å². The lowest BCUT2D eigenvalue weighted by molar-refractivity contribution is 0.0498. The van der Waals surface area contributed by atoms with E-state index in [1.807, 2.05) is 27.7 Å². The molecular formula is C16H26N4O4. The molecule has 1 rings (SSSR count). The van der Waals surface area contributed by atoms with Gasteiger partial charge in [-0.05, 0) is 47.1 Å². The van der Waals surface area contributed by atoms with Crippen molar-refractivity contribution in [1.82, 2.24) is 15.3 Å². The van der Waals surface area contributed by atoms with E-state index in [-0.39, 0.29) is 18.5 Å². The van der Waals surface area contributed by atoms with Crippen LogP contribution in [0.15, 0.2) is 12.3 Å². The zero-order chi connectivity index (χ0) is 18.2. The first kappa shape index (κ1) is 19.7. The number of hydrogen-bond acceptors (Lipinski definition) is 7. The minimum Gasteiger partial charge on any atom is -0.460 e. The number of rotatable bonds is 7. The van der Waals surface area contributed by atoms with Crippen molar-refractivity contribution in [3.8, 4) is 0 Å². The van der Waals surface area contributed by atoms with Gasteiger partial charge in [0.1, 0.15) is 11.4 Å². The van der Waals surface area contributed by atoms with Crippen molar-refractivity contribution in [1.29, 1.82) is 0 Å². The van der Waals surface area contributed by atoms with Gasteiger partial charge >= 0.3 is 12.1 Å². The average Bonchev–Trinajstić information content (AvgIpc) is 2.45. The number of nitrogens with zero attached hydrogens (tertiary/aromatic N) is 2. The molecule has 2 N–H and O–H groups in total.